The highest BCUT2D eigenvalue weighted by Crippen LogP contribution is 2.31. The van der Waals surface area contributed by atoms with Crippen LogP contribution < -0.4 is 5.73 Å². The van der Waals surface area contributed by atoms with E-state index < -0.39 is 5.78 Å². The van der Waals surface area contributed by atoms with Crippen LogP contribution in [0.4, 0.5) is 5.69 Å². The largest absolute Gasteiger partial charge is 0.486 e. The molecule has 0 saturated carbocycles. The van der Waals surface area contributed by atoms with Crippen molar-refractivity contribution < 1.29 is 19.1 Å². The first-order valence-electron chi connectivity index (χ1n) is 6.09. The molecule has 1 aliphatic rings. The van der Waals surface area contributed by atoms with Crippen molar-refractivity contribution >= 4 is 17.3 Å². The van der Waals surface area contributed by atoms with Gasteiger partial charge in [0.25, 0.3) is 0 Å². The Kier molecular flexibility index (Phi) is 3.55. The molecule has 0 unspecified atom stereocenters. The van der Waals surface area contributed by atoms with Crippen molar-refractivity contribution in [2.75, 3.05) is 18.9 Å². The zero-order valence-corrected chi connectivity index (χ0v) is 10.9. The molecule has 5 heteroatoms. The smallest absolute Gasteiger partial charge is 0.234 e. The molecular formula is C14H15NO4. The van der Waals surface area contributed by atoms with Gasteiger partial charge in [0.1, 0.15) is 0 Å². The molecule has 0 spiro atoms. The van der Waals surface area contributed by atoms with Gasteiger partial charge in [-0.25, -0.2) is 0 Å². The minimum atomic E-state index is -0.405. The van der Waals surface area contributed by atoms with Gasteiger partial charge in [-0.2, -0.15) is 0 Å². The van der Waals surface area contributed by atoms with Crippen LogP contribution in [0.3, 0.4) is 0 Å². The molecule has 0 bridgehead atoms. The molecule has 0 atom stereocenters. The van der Waals surface area contributed by atoms with Crippen molar-refractivity contribution in [2.24, 2.45) is 0 Å². The number of anilines is 1. The van der Waals surface area contributed by atoms with Crippen molar-refractivity contribution in [3.8, 4) is 0 Å². The fourth-order valence-corrected chi connectivity index (χ4v) is 2.01. The van der Waals surface area contributed by atoms with E-state index in [-0.39, 0.29) is 47.3 Å². The second-order valence-electron chi connectivity index (χ2n) is 3.95. The third kappa shape index (κ3) is 2.07. The first-order valence-corrected chi connectivity index (χ1v) is 6.09. The molecule has 2 rings (SSSR count). The monoisotopic (exact) mass is 261 g/mol. The SMILES string of the molecule is CCOC1=C(OCC)C(=O)c2c(N)cccc2C1=O. The molecule has 0 aliphatic heterocycles. The van der Waals surface area contributed by atoms with Crippen molar-refractivity contribution in [3.05, 3.63) is 40.8 Å². The molecule has 19 heavy (non-hydrogen) atoms. The molecule has 1 aromatic rings. The molecule has 1 aromatic carbocycles. The number of Topliss-reactive ketones (excluding diaryl/α,β-unsaturated/α-hetero) is 2. The van der Waals surface area contributed by atoms with E-state index in [1.54, 1.807) is 32.0 Å². The number of hydrogen-bond acceptors (Lipinski definition) is 5. The number of hydrogen-bond donors (Lipinski definition) is 1. The zero-order chi connectivity index (χ0) is 14.0. The van der Waals surface area contributed by atoms with E-state index in [4.69, 9.17) is 15.2 Å². The Morgan fingerprint density at radius 2 is 1.58 bits per heavy atom. The summed E-state index contributed by atoms with van der Waals surface area (Å²) in [6, 6.07) is 4.78. The van der Waals surface area contributed by atoms with E-state index in [1.165, 1.54) is 0 Å². The summed E-state index contributed by atoms with van der Waals surface area (Å²) in [6.07, 6.45) is 0. The number of benzene rings is 1. The van der Waals surface area contributed by atoms with E-state index in [0.717, 1.165) is 0 Å². The molecule has 0 amide bonds. The van der Waals surface area contributed by atoms with Crippen LogP contribution in [0.5, 0.6) is 0 Å². The van der Waals surface area contributed by atoms with Gasteiger partial charge in [0.15, 0.2) is 0 Å². The topological polar surface area (TPSA) is 78.6 Å². The lowest BCUT2D eigenvalue weighted by Gasteiger charge is -2.21. The van der Waals surface area contributed by atoms with Gasteiger partial charge in [0, 0.05) is 11.3 Å². The Morgan fingerprint density at radius 3 is 2.16 bits per heavy atom. The average molecular weight is 261 g/mol. The van der Waals surface area contributed by atoms with Crippen LogP contribution in [-0.2, 0) is 9.47 Å². The predicted octanol–water partition coefficient (Wildman–Crippen LogP) is 1.93. The molecule has 2 N–H and O–H groups in total. The lowest BCUT2D eigenvalue weighted by atomic mass is 9.91. The highest BCUT2D eigenvalue weighted by molar-refractivity contribution is 6.27. The minimum absolute atomic E-state index is 0.0348. The molecule has 0 saturated heterocycles. The number of fused-ring (bicyclic) bond motifs is 1. The fraction of sp³-hybridized carbons (Fsp3) is 0.286. The Balaban J connectivity index is 2.62. The maximum Gasteiger partial charge on any atom is 0.234 e. The summed E-state index contributed by atoms with van der Waals surface area (Å²) in [4.78, 5) is 24.7. The van der Waals surface area contributed by atoms with E-state index in [2.05, 4.69) is 0 Å². The van der Waals surface area contributed by atoms with E-state index in [0.29, 0.717) is 0 Å². The lowest BCUT2D eigenvalue weighted by Crippen LogP contribution is -2.26. The number of allylic oxidation sites excluding steroid dienone is 2. The lowest BCUT2D eigenvalue weighted by molar-refractivity contribution is 0.0772. The first-order chi connectivity index (χ1) is 9.11. The van der Waals surface area contributed by atoms with E-state index in [1.807, 2.05) is 0 Å². The number of carbonyl (C=O) groups is 2. The number of rotatable bonds is 4. The van der Waals surface area contributed by atoms with Gasteiger partial charge in [-0.3, -0.25) is 9.59 Å². The molecule has 100 valence electrons. The Bertz CT molecular complexity index is 575. The Morgan fingerprint density at radius 1 is 1.00 bits per heavy atom. The molecule has 0 radical (unpaired) electrons. The van der Waals surface area contributed by atoms with Crippen LogP contribution in [0.25, 0.3) is 0 Å². The highest BCUT2D eigenvalue weighted by atomic mass is 16.5. The minimum Gasteiger partial charge on any atom is -0.486 e. The van der Waals surface area contributed by atoms with Crippen molar-refractivity contribution in [3.63, 3.8) is 0 Å². The zero-order valence-electron chi connectivity index (χ0n) is 10.9. The van der Waals surface area contributed by atoms with E-state index in [9.17, 15) is 9.59 Å². The normalized spacial score (nSPS) is 14.4. The van der Waals surface area contributed by atoms with Gasteiger partial charge < -0.3 is 15.2 Å². The summed E-state index contributed by atoms with van der Waals surface area (Å²) in [5.74, 6) is -0.864. The van der Waals surface area contributed by atoms with E-state index >= 15 is 0 Å². The molecule has 5 nitrogen and oxygen atoms in total. The number of ether oxygens (including phenoxy) is 2. The second-order valence-corrected chi connectivity index (χ2v) is 3.95. The number of ketones is 2. The summed E-state index contributed by atoms with van der Waals surface area (Å²) in [5.41, 5.74) is 6.50. The molecule has 0 fully saturated rings. The van der Waals surface area contributed by atoms with Gasteiger partial charge in [-0.15, -0.1) is 0 Å². The van der Waals surface area contributed by atoms with Crippen LogP contribution in [0.1, 0.15) is 34.6 Å². The Hall–Kier alpha value is -2.30. The van der Waals surface area contributed by atoms with Crippen molar-refractivity contribution in [2.45, 2.75) is 13.8 Å². The maximum absolute atomic E-state index is 12.4. The van der Waals surface area contributed by atoms with Gasteiger partial charge in [0.05, 0.1) is 18.8 Å². The second kappa shape index (κ2) is 5.14. The maximum atomic E-state index is 12.4. The first kappa shape index (κ1) is 13.1. The predicted molar refractivity (Wildman–Crippen MR) is 69.8 cm³/mol. The van der Waals surface area contributed by atoms with Crippen molar-refractivity contribution in [1.82, 2.24) is 0 Å². The highest BCUT2D eigenvalue weighted by Gasteiger charge is 2.36. The van der Waals surface area contributed by atoms with Crippen LogP contribution >= 0.6 is 0 Å². The van der Waals surface area contributed by atoms with Gasteiger partial charge in [-0.1, -0.05) is 12.1 Å². The average Bonchev–Trinajstić information content (AvgIpc) is 2.39. The van der Waals surface area contributed by atoms with Crippen LogP contribution in [-0.4, -0.2) is 24.8 Å². The van der Waals surface area contributed by atoms with Crippen molar-refractivity contribution in [1.29, 1.82) is 0 Å². The summed E-state index contributed by atoms with van der Waals surface area (Å²) in [7, 11) is 0. The molecular weight excluding hydrogens is 246 g/mol. The fourth-order valence-electron chi connectivity index (χ4n) is 2.01. The summed E-state index contributed by atoms with van der Waals surface area (Å²) in [6.45, 7) is 4.02. The quantitative estimate of drug-likeness (QED) is 0.838. The number of nitrogen functional groups attached to an aromatic ring is 1. The molecule has 0 heterocycles. The van der Waals surface area contributed by atoms with Gasteiger partial charge in [-0.05, 0) is 19.9 Å². The van der Waals surface area contributed by atoms with Gasteiger partial charge >= 0.3 is 0 Å². The molecule has 0 aromatic heterocycles. The third-order valence-electron chi connectivity index (χ3n) is 2.76. The Labute approximate surface area is 111 Å². The van der Waals surface area contributed by atoms with Crippen LogP contribution in [0.2, 0.25) is 0 Å². The van der Waals surface area contributed by atoms with Crippen LogP contribution in [0.15, 0.2) is 29.7 Å². The number of carbonyl (C=O) groups excluding carboxylic acids is 2. The van der Waals surface area contributed by atoms with Gasteiger partial charge in [0.2, 0.25) is 23.1 Å². The third-order valence-corrected chi connectivity index (χ3v) is 2.76. The number of nitrogens with two attached hydrogens (primary N) is 1. The standard InChI is InChI=1S/C14H15NO4/c1-3-18-13-11(16)8-6-5-7-9(15)10(8)12(17)14(13)19-4-2/h5-7H,3-4,15H2,1-2H3. The molecule has 1 aliphatic carbocycles. The summed E-state index contributed by atoms with van der Waals surface area (Å²) >= 11 is 0. The summed E-state index contributed by atoms with van der Waals surface area (Å²) < 4.78 is 10.5. The van der Waals surface area contributed by atoms with Crippen LogP contribution in [0, 0.1) is 0 Å². The summed E-state index contributed by atoms with van der Waals surface area (Å²) in [5, 5.41) is 0.